The fourth-order valence-electron chi connectivity index (χ4n) is 3.08. The Bertz CT molecular complexity index is 965. The van der Waals surface area contributed by atoms with E-state index in [2.05, 4.69) is 31.1 Å². The number of carbonyl (C=O) groups excluding carboxylic acids is 2. The minimum absolute atomic E-state index is 0.0160. The Balaban J connectivity index is 1.76. The number of aliphatic carboxylic acids is 1. The number of nitrogens with one attached hydrogen (secondary N) is 2. The van der Waals surface area contributed by atoms with Crippen LogP contribution in [0.5, 0.6) is 0 Å². The monoisotopic (exact) mass is 363 g/mol. The predicted molar refractivity (Wildman–Crippen MR) is 103 cm³/mol. The second-order valence-electron chi connectivity index (χ2n) is 7.74. The van der Waals surface area contributed by atoms with Crippen molar-refractivity contribution >= 4 is 22.8 Å². The third-order valence-corrected chi connectivity index (χ3v) is 4.70. The van der Waals surface area contributed by atoms with Gasteiger partial charge in [0.25, 0.3) is 5.91 Å². The quantitative estimate of drug-likeness (QED) is 0.730. The molecule has 0 spiro atoms. The van der Waals surface area contributed by atoms with Crippen molar-refractivity contribution in [3.63, 3.8) is 0 Å². The molecule has 0 saturated carbocycles. The summed E-state index contributed by atoms with van der Waals surface area (Å²) >= 11 is 0. The SMILES string of the molecule is CC(C)(C)c1ccc(C(=O)N[C@@H](Cc2c[nH]c3ccccc23)C(=O)[O-])cc1. The van der Waals surface area contributed by atoms with Gasteiger partial charge in [0, 0.05) is 29.1 Å². The fraction of sp³-hybridized carbons (Fsp3) is 0.273. The Hall–Kier alpha value is -3.08. The summed E-state index contributed by atoms with van der Waals surface area (Å²) in [6, 6.07) is 13.7. The summed E-state index contributed by atoms with van der Waals surface area (Å²) in [7, 11) is 0. The van der Waals surface area contributed by atoms with Crippen LogP contribution in [0.15, 0.2) is 54.7 Å². The first-order valence-corrected chi connectivity index (χ1v) is 8.93. The van der Waals surface area contributed by atoms with Crippen LogP contribution in [0.4, 0.5) is 0 Å². The van der Waals surface area contributed by atoms with E-state index in [1.807, 2.05) is 36.4 Å². The van der Waals surface area contributed by atoms with Crippen molar-refractivity contribution in [3.05, 3.63) is 71.4 Å². The number of fused-ring (bicyclic) bond motifs is 1. The molecule has 1 atom stereocenters. The minimum Gasteiger partial charge on any atom is -0.548 e. The molecule has 5 nitrogen and oxygen atoms in total. The second-order valence-corrected chi connectivity index (χ2v) is 7.74. The van der Waals surface area contributed by atoms with Crippen LogP contribution < -0.4 is 10.4 Å². The molecule has 0 bridgehead atoms. The lowest BCUT2D eigenvalue weighted by molar-refractivity contribution is -0.308. The molecule has 0 unspecified atom stereocenters. The standard InChI is InChI=1S/C22H24N2O3/c1-22(2,3)16-10-8-14(9-11-16)20(25)24-19(21(26)27)12-15-13-23-18-7-5-4-6-17(15)18/h4-11,13,19,23H,12H2,1-3H3,(H,24,25)(H,26,27)/p-1/t19-/m0/s1. The van der Waals surface area contributed by atoms with E-state index in [9.17, 15) is 14.7 Å². The minimum atomic E-state index is -1.31. The summed E-state index contributed by atoms with van der Waals surface area (Å²) < 4.78 is 0. The molecule has 0 radical (unpaired) electrons. The molecule has 0 aliphatic heterocycles. The number of aromatic amines is 1. The Kier molecular flexibility index (Phi) is 5.04. The van der Waals surface area contributed by atoms with Crippen LogP contribution in [0.1, 0.15) is 42.3 Å². The number of aromatic nitrogens is 1. The number of amides is 1. The van der Waals surface area contributed by atoms with Crippen molar-refractivity contribution < 1.29 is 14.7 Å². The van der Waals surface area contributed by atoms with E-state index in [0.29, 0.717) is 5.56 Å². The molecule has 2 N–H and O–H groups in total. The first kappa shape index (κ1) is 18.7. The molecule has 2 aromatic carbocycles. The molecule has 1 heterocycles. The number of benzene rings is 2. The molecular formula is C22H23N2O3-. The summed E-state index contributed by atoms with van der Waals surface area (Å²) in [6.07, 6.45) is 1.92. The number of hydrogen-bond acceptors (Lipinski definition) is 3. The van der Waals surface area contributed by atoms with Gasteiger partial charge in [-0.2, -0.15) is 0 Å². The first-order valence-electron chi connectivity index (χ1n) is 8.93. The lowest BCUT2D eigenvalue weighted by Crippen LogP contribution is -2.49. The summed E-state index contributed by atoms with van der Waals surface area (Å²) in [5.74, 6) is -1.73. The van der Waals surface area contributed by atoms with Gasteiger partial charge in [0.15, 0.2) is 0 Å². The van der Waals surface area contributed by atoms with Gasteiger partial charge in [0.2, 0.25) is 0 Å². The van der Waals surface area contributed by atoms with E-state index < -0.39 is 17.9 Å². The number of rotatable bonds is 5. The number of hydrogen-bond donors (Lipinski definition) is 2. The van der Waals surface area contributed by atoms with E-state index in [0.717, 1.165) is 22.0 Å². The van der Waals surface area contributed by atoms with E-state index >= 15 is 0 Å². The van der Waals surface area contributed by atoms with Crippen molar-refractivity contribution in [3.8, 4) is 0 Å². The highest BCUT2D eigenvalue weighted by Crippen LogP contribution is 2.22. The number of para-hydroxylation sites is 1. The molecule has 1 aromatic heterocycles. The largest absolute Gasteiger partial charge is 0.548 e. The zero-order valence-corrected chi connectivity index (χ0v) is 15.7. The average molecular weight is 363 g/mol. The van der Waals surface area contributed by atoms with Crippen molar-refractivity contribution in [2.75, 3.05) is 0 Å². The molecule has 5 heteroatoms. The fourth-order valence-corrected chi connectivity index (χ4v) is 3.08. The van der Waals surface area contributed by atoms with Crippen molar-refractivity contribution in [2.45, 2.75) is 38.6 Å². The van der Waals surface area contributed by atoms with Crippen LogP contribution in [0.2, 0.25) is 0 Å². The highest BCUT2D eigenvalue weighted by atomic mass is 16.4. The third-order valence-electron chi connectivity index (χ3n) is 4.70. The first-order chi connectivity index (χ1) is 12.8. The smallest absolute Gasteiger partial charge is 0.251 e. The third kappa shape index (κ3) is 4.19. The molecule has 0 aliphatic carbocycles. The van der Waals surface area contributed by atoms with Gasteiger partial charge in [-0.15, -0.1) is 0 Å². The molecule has 27 heavy (non-hydrogen) atoms. The maximum absolute atomic E-state index is 12.5. The molecular weight excluding hydrogens is 340 g/mol. The van der Waals surface area contributed by atoms with Crippen molar-refractivity contribution in [1.82, 2.24) is 10.3 Å². The van der Waals surface area contributed by atoms with Gasteiger partial charge >= 0.3 is 0 Å². The van der Waals surface area contributed by atoms with Gasteiger partial charge in [0.1, 0.15) is 0 Å². The molecule has 3 aromatic rings. The Morgan fingerprint density at radius 1 is 1.07 bits per heavy atom. The van der Waals surface area contributed by atoms with Crippen LogP contribution in [0.3, 0.4) is 0 Å². The van der Waals surface area contributed by atoms with E-state index in [-0.39, 0.29) is 11.8 Å². The Morgan fingerprint density at radius 3 is 2.37 bits per heavy atom. The van der Waals surface area contributed by atoms with Crippen LogP contribution in [-0.4, -0.2) is 22.9 Å². The topological polar surface area (TPSA) is 85.0 Å². The van der Waals surface area contributed by atoms with Gasteiger partial charge in [-0.05, 0) is 34.7 Å². The van der Waals surface area contributed by atoms with Crippen molar-refractivity contribution in [2.24, 2.45) is 0 Å². The molecule has 1 amide bonds. The lowest BCUT2D eigenvalue weighted by Gasteiger charge is -2.21. The zero-order valence-electron chi connectivity index (χ0n) is 15.7. The van der Waals surface area contributed by atoms with Crippen LogP contribution in [0, 0.1) is 0 Å². The van der Waals surface area contributed by atoms with Crippen LogP contribution >= 0.6 is 0 Å². The summed E-state index contributed by atoms with van der Waals surface area (Å²) in [6.45, 7) is 6.28. The highest BCUT2D eigenvalue weighted by molar-refractivity contribution is 5.96. The van der Waals surface area contributed by atoms with Crippen LogP contribution in [-0.2, 0) is 16.6 Å². The summed E-state index contributed by atoms with van der Waals surface area (Å²) in [5.41, 5.74) is 3.26. The van der Waals surface area contributed by atoms with E-state index in [1.54, 1.807) is 18.3 Å². The van der Waals surface area contributed by atoms with Gasteiger partial charge in [0.05, 0.1) is 12.0 Å². The molecule has 140 valence electrons. The molecule has 3 rings (SSSR count). The molecule has 0 fully saturated rings. The average Bonchev–Trinajstić information content (AvgIpc) is 3.03. The lowest BCUT2D eigenvalue weighted by atomic mass is 9.86. The number of carboxylic acid groups (broad SMARTS) is 1. The van der Waals surface area contributed by atoms with Gasteiger partial charge < -0.3 is 20.2 Å². The van der Waals surface area contributed by atoms with E-state index in [4.69, 9.17) is 0 Å². The summed E-state index contributed by atoms with van der Waals surface area (Å²) in [4.78, 5) is 27.2. The van der Waals surface area contributed by atoms with Gasteiger partial charge in [-0.1, -0.05) is 51.1 Å². The van der Waals surface area contributed by atoms with Gasteiger partial charge in [-0.25, -0.2) is 0 Å². The molecule has 0 aliphatic rings. The van der Waals surface area contributed by atoms with Crippen LogP contribution in [0.25, 0.3) is 10.9 Å². The van der Waals surface area contributed by atoms with E-state index in [1.165, 1.54) is 0 Å². The molecule has 0 saturated heterocycles. The number of carbonyl (C=O) groups is 2. The highest BCUT2D eigenvalue weighted by Gasteiger charge is 2.18. The zero-order chi connectivity index (χ0) is 19.6. The maximum Gasteiger partial charge on any atom is 0.251 e. The number of H-pyrrole nitrogens is 1. The maximum atomic E-state index is 12.5. The predicted octanol–water partition coefficient (Wildman–Crippen LogP) is 2.56. The summed E-state index contributed by atoms with van der Waals surface area (Å²) in [5, 5.41) is 15.1. The Labute approximate surface area is 158 Å². The van der Waals surface area contributed by atoms with Gasteiger partial charge in [-0.3, -0.25) is 4.79 Å². The Morgan fingerprint density at radius 2 is 1.74 bits per heavy atom. The second kappa shape index (κ2) is 7.27. The normalized spacial score (nSPS) is 12.7. The van der Waals surface area contributed by atoms with Crippen molar-refractivity contribution in [1.29, 1.82) is 0 Å². The number of carboxylic acids is 1.